The van der Waals surface area contributed by atoms with Crippen LogP contribution in [-0.2, 0) is 6.54 Å². The fourth-order valence-corrected chi connectivity index (χ4v) is 3.42. The average Bonchev–Trinajstić information content (AvgIpc) is 3.17. The third-order valence-electron chi connectivity index (χ3n) is 4.61. The summed E-state index contributed by atoms with van der Waals surface area (Å²) in [5.41, 5.74) is 2.31. The molecule has 2 aromatic heterocycles. The van der Waals surface area contributed by atoms with Crippen molar-refractivity contribution >= 4 is 59.0 Å². The number of aromatic nitrogens is 3. The number of benzene rings is 2. The molecule has 0 aliphatic rings. The zero-order valence-electron chi connectivity index (χ0n) is 18.2. The highest BCUT2D eigenvalue weighted by Crippen LogP contribution is 2.35. The van der Waals surface area contributed by atoms with Crippen molar-refractivity contribution in [1.82, 2.24) is 19.9 Å². The molecule has 0 saturated carbocycles. The summed E-state index contributed by atoms with van der Waals surface area (Å²) < 4.78 is 48.9. The van der Waals surface area contributed by atoms with Gasteiger partial charge >= 0.3 is 6.36 Å². The second kappa shape index (κ2) is 12.2. The highest BCUT2D eigenvalue weighted by Gasteiger charge is 2.31. The highest BCUT2D eigenvalue weighted by molar-refractivity contribution is 6.32. The molecule has 2 heterocycles. The van der Waals surface area contributed by atoms with Crippen LogP contribution in [0.4, 0.5) is 24.7 Å². The summed E-state index contributed by atoms with van der Waals surface area (Å²) >= 11 is 6.37. The number of hydrogen-bond acceptors (Lipinski definition) is 6. The van der Waals surface area contributed by atoms with Gasteiger partial charge in [-0.15, -0.1) is 38.0 Å². The minimum Gasteiger partial charge on any atom is -0.456 e. The van der Waals surface area contributed by atoms with E-state index in [1.54, 1.807) is 18.2 Å². The summed E-state index contributed by atoms with van der Waals surface area (Å²) in [4.78, 5) is 8.66. The van der Waals surface area contributed by atoms with Gasteiger partial charge in [-0.05, 0) is 43.4 Å². The van der Waals surface area contributed by atoms with Crippen LogP contribution in [0.5, 0.6) is 17.2 Å². The number of alkyl halides is 3. The number of anilines is 2. The zero-order chi connectivity index (χ0) is 23.4. The number of nitrogens with zero attached hydrogens (tertiary/aromatic N) is 3. The standard InChI is InChI=1S/C22H19ClF3N5O2.2ClH/c1-27-8-10-31-9-7-18-20(31)21(29-13-28-18)30-14-5-6-19(17(23)11-14)32-15-3-2-4-16(12-15)33-22(24,25)26;;/h2-7,9,11-13,27H,8,10H2,1H3,(H,28,29,30);2*1H. The van der Waals surface area contributed by atoms with Crippen LogP contribution in [0, 0.1) is 0 Å². The molecule has 13 heteroatoms. The fraction of sp³-hybridized carbons (Fsp3) is 0.182. The maximum atomic E-state index is 12.4. The Morgan fingerprint density at radius 2 is 1.80 bits per heavy atom. The first-order chi connectivity index (χ1) is 15.8. The number of fused-ring (bicyclic) bond motifs is 1. The molecular formula is C22H21Cl3F3N5O2. The molecule has 0 bridgehead atoms. The van der Waals surface area contributed by atoms with Crippen LogP contribution >= 0.6 is 36.4 Å². The quantitative estimate of drug-likeness (QED) is 0.258. The second-order valence-corrected chi connectivity index (χ2v) is 7.37. The average molecular weight is 551 g/mol. The third kappa shape index (κ3) is 7.28. The van der Waals surface area contributed by atoms with Gasteiger partial charge in [0, 0.05) is 31.0 Å². The number of hydrogen-bond donors (Lipinski definition) is 2. The van der Waals surface area contributed by atoms with Crippen LogP contribution in [0.1, 0.15) is 0 Å². The van der Waals surface area contributed by atoms with Crippen molar-refractivity contribution in [3.8, 4) is 17.2 Å². The van der Waals surface area contributed by atoms with Crippen molar-refractivity contribution in [3.05, 3.63) is 66.1 Å². The van der Waals surface area contributed by atoms with E-state index in [2.05, 4.69) is 25.3 Å². The Morgan fingerprint density at radius 3 is 2.51 bits per heavy atom. The monoisotopic (exact) mass is 549 g/mol. The van der Waals surface area contributed by atoms with E-state index in [1.807, 2.05) is 23.9 Å². The molecule has 0 aliphatic heterocycles. The number of halogens is 6. The van der Waals surface area contributed by atoms with Gasteiger partial charge in [0.15, 0.2) is 5.82 Å². The minimum atomic E-state index is -4.79. The largest absolute Gasteiger partial charge is 0.573 e. The van der Waals surface area contributed by atoms with Gasteiger partial charge in [-0.3, -0.25) is 0 Å². The van der Waals surface area contributed by atoms with Crippen LogP contribution in [-0.4, -0.2) is 34.5 Å². The summed E-state index contributed by atoms with van der Waals surface area (Å²) in [6.45, 7) is 1.53. The van der Waals surface area contributed by atoms with Gasteiger partial charge in [-0.2, -0.15) is 0 Å². The van der Waals surface area contributed by atoms with E-state index in [-0.39, 0.29) is 47.1 Å². The molecule has 2 aromatic carbocycles. The summed E-state index contributed by atoms with van der Waals surface area (Å²) in [5.74, 6) is 0.655. The number of rotatable bonds is 8. The molecule has 0 spiro atoms. The summed E-state index contributed by atoms with van der Waals surface area (Å²) in [6.07, 6.45) is -1.37. The molecule has 0 aliphatic carbocycles. The highest BCUT2D eigenvalue weighted by atomic mass is 35.5. The van der Waals surface area contributed by atoms with Gasteiger partial charge in [-0.1, -0.05) is 17.7 Å². The molecular weight excluding hydrogens is 530 g/mol. The van der Waals surface area contributed by atoms with Crippen molar-refractivity contribution in [2.24, 2.45) is 0 Å². The minimum absolute atomic E-state index is 0. The molecule has 0 amide bonds. The summed E-state index contributed by atoms with van der Waals surface area (Å²) in [7, 11) is 1.88. The van der Waals surface area contributed by atoms with E-state index in [0.717, 1.165) is 30.2 Å². The van der Waals surface area contributed by atoms with Gasteiger partial charge in [0.1, 0.15) is 29.1 Å². The predicted octanol–water partition coefficient (Wildman–Crippen LogP) is 6.58. The van der Waals surface area contributed by atoms with E-state index in [1.165, 1.54) is 24.5 Å². The maximum absolute atomic E-state index is 12.4. The molecule has 0 saturated heterocycles. The van der Waals surface area contributed by atoms with E-state index in [9.17, 15) is 13.2 Å². The van der Waals surface area contributed by atoms with Crippen molar-refractivity contribution in [2.45, 2.75) is 12.9 Å². The van der Waals surface area contributed by atoms with Crippen LogP contribution in [0.3, 0.4) is 0 Å². The Balaban J connectivity index is 0.00000216. The second-order valence-electron chi connectivity index (χ2n) is 6.96. The van der Waals surface area contributed by atoms with Crippen LogP contribution in [0.15, 0.2) is 61.1 Å². The predicted molar refractivity (Wildman–Crippen MR) is 134 cm³/mol. The zero-order valence-corrected chi connectivity index (χ0v) is 20.6. The Labute approximate surface area is 216 Å². The Morgan fingerprint density at radius 1 is 1.03 bits per heavy atom. The molecule has 2 N–H and O–H groups in total. The molecule has 0 atom stereocenters. The lowest BCUT2D eigenvalue weighted by Gasteiger charge is -2.13. The van der Waals surface area contributed by atoms with E-state index in [0.29, 0.717) is 11.5 Å². The number of nitrogens with one attached hydrogen (secondary N) is 2. The van der Waals surface area contributed by atoms with Crippen LogP contribution < -0.4 is 20.1 Å². The van der Waals surface area contributed by atoms with Gasteiger partial charge in [0.2, 0.25) is 0 Å². The SMILES string of the molecule is CNCCn1ccc2ncnc(Nc3ccc(Oc4cccc(OC(F)(F)F)c4)c(Cl)c3)c21.Cl.Cl. The molecule has 7 nitrogen and oxygen atoms in total. The maximum Gasteiger partial charge on any atom is 0.573 e. The lowest BCUT2D eigenvalue weighted by molar-refractivity contribution is -0.274. The fourth-order valence-electron chi connectivity index (χ4n) is 3.20. The number of likely N-dealkylation sites (N-methyl/N-ethyl adjacent to an activating group) is 1. The van der Waals surface area contributed by atoms with Crippen LogP contribution in [0.2, 0.25) is 5.02 Å². The van der Waals surface area contributed by atoms with Crippen molar-refractivity contribution in [3.63, 3.8) is 0 Å². The van der Waals surface area contributed by atoms with Gasteiger partial charge in [0.25, 0.3) is 0 Å². The molecule has 4 rings (SSSR count). The van der Waals surface area contributed by atoms with Gasteiger partial charge in [0.05, 0.1) is 10.5 Å². The van der Waals surface area contributed by atoms with Crippen LogP contribution in [0.25, 0.3) is 11.0 Å². The Kier molecular flexibility index (Phi) is 9.84. The van der Waals surface area contributed by atoms with Gasteiger partial charge < -0.3 is 24.7 Å². The first kappa shape index (κ1) is 28.3. The lowest BCUT2D eigenvalue weighted by Crippen LogP contribution is -2.17. The van der Waals surface area contributed by atoms with Crippen molar-refractivity contribution in [2.75, 3.05) is 18.9 Å². The Bertz CT molecular complexity index is 1270. The first-order valence-corrected chi connectivity index (χ1v) is 10.2. The molecule has 35 heavy (non-hydrogen) atoms. The molecule has 0 unspecified atom stereocenters. The molecule has 0 fully saturated rings. The summed E-state index contributed by atoms with van der Waals surface area (Å²) in [6, 6.07) is 12.1. The topological polar surface area (TPSA) is 73.2 Å². The third-order valence-corrected chi connectivity index (χ3v) is 4.91. The van der Waals surface area contributed by atoms with Crippen molar-refractivity contribution in [1.29, 1.82) is 0 Å². The molecule has 0 radical (unpaired) electrons. The van der Waals surface area contributed by atoms with Crippen molar-refractivity contribution < 1.29 is 22.6 Å². The summed E-state index contributed by atoms with van der Waals surface area (Å²) in [5, 5.41) is 6.61. The molecule has 188 valence electrons. The normalized spacial score (nSPS) is 10.9. The smallest absolute Gasteiger partial charge is 0.456 e. The van der Waals surface area contributed by atoms with Gasteiger partial charge in [-0.25, -0.2) is 9.97 Å². The van der Waals surface area contributed by atoms with E-state index < -0.39 is 6.36 Å². The molecule has 4 aromatic rings. The van der Waals surface area contributed by atoms with E-state index in [4.69, 9.17) is 16.3 Å². The lowest BCUT2D eigenvalue weighted by atomic mass is 10.2. The Hall–Kier alpha value is -2.92. The number of ether oxygens (including phenoxy) is 2. The first-order valence-electron chi connectivity index (χ1n) is 9.87. The van der Waals surface area contributed by atoms with E-state index >= 15 is 0 Å².